The third-order valence-corrected chi connectivity index (χ3v) is 4.40. The summed E-state index contributed by atoms with van der Waals surface area (Å²) in [6, 6.07) is 0. The smallest absolute Gasteiger partial charge is 0.240 e. The highest BCUT2D eigenvalue weighted by atomic mass is 32.2. The van der Waals surface area contributed by atoms with E-state index in [9.17, 15) is 4.79 Å². The summed E-state index contributed by atoms with van der Waals surface area (Å²) in [4.78, 5) is 11.5. The van der Waals surface area contributed by atoms with Crippen molar-refractivity contribution in [3.8, 4) is 0 Å². The molecule has 1 unspecified atom stereocenters. The zero-order valence-corrected chi connectivity index (χ0v) is 9.24. The summed E-state index contributed by atoms with van der Waals surface area (Å²) in [5.41, 5.74) is 5.29. The lowest BCUT2D eigenvalue weighted by molar-refractivity contribution is -0.123. The Labute approximate surface area is 89.2 Å². The molecule has 0 aromatic heterocycles. The van der Waals surface area contributed by atoms with Gasteiger partial charge in [-0.05, 0) is 31.4 Å². The zero-order valence-electron chi connectivity index (χ0n) is 8.42. The van der Waals surface area contributed by atoms with Gasteiger partial charge in [-0.25, -0.2) is 0 Å². The molecular weight excluding hydrogens is 196 g/mol. The van der Waals surface area contributed by atoms with E-state index in [4.69, 9.17) is 5.73 Å². The van der Waals surface area contributed by atoms with Crippen LogP contribution in [0.4, 0.5) is 0 Å². The molecule has 1 heterocycles. The minimum Gasteiger partial charge on any atom is -0.353 e. The molecule has 80 valence electrons. The number of hydrogen-bond acceptors (Lipinski definition) is 3. The number of carbonyl (C=O) groups excluding carboxylic acids is 1. The normalized spacial score (nSPS) is 29.6. The molecule has 1 aliphatic heterocycles. The maximum atomic E-state index is 11.5. The van der Waals surface area contributed by atoms with Gasteiger partial charge < -0.3 is 11.1 Å². The Morgan fingerprint density at radius 2 is 2.29 bits per heavy atom. The van der Waals surface area contributed by atoms with Crippen molar-refractivity contribution >= 4 is 17.7 Å². The fraction of sp³-hybridized carbons (Fsp3) is 0.900. The lowest BCUT2D eigenvalue weighted by atomic mass is 10.2. The fourth-order valence-corrected chi connectivity index (χ4v) is 2.95. The van der Waals surface area contributed by atoms with Gasteiger partial charge in [0.05, 0.1) is 5.54 Å². The minimum atomic E-state index is -0.501. The van der Waals surface area contributed by atoms with Crippen LogP contribution in [0.2, 0.25) is 0 Å². The van der Waals surface area contributed by atoms with Crippen molar-refractivity contribution in [2.24, 2.45) is 5.73 Å². The monoisotopic (exact) mass is 214 g/mol. The van der Waals surface area contributed by atoms with E-state index in [0.29, 0.717) is 5.25 Å². The molecule has 0 bridgehead atoms. The minimum absolute atomic E-state index is 0.0590. The Hall–Kier alpha value is -0.220. The van der Waals surface area contributed by atoms with Gasteiger partial charge in [-0.3, -0.25) is 4.79 Å². The van der Waals surface area contributed by atoms with Crippen LogP contribution in [0.5, 0.6) is 0 Å². The maximum absolute atomic E-state index is 11.5. The molecule has 2 aliphatic rings. The molecule has 0 spiro atoms. The van der Waals surface area contributed by atoms with Gasteiger partial charge in [0.2, 0.25) is 5.91 Å². The summed E-state index contributed by atoms with van der Waals surface area (Å²) < 4.78 is 0. The Morgan fingerprint density at radius 3 is 2.86 bits per heavy atom. The predicted octanol–water partition coefficient (Wildman–Crippen LogP) is 0.880. The van der Waals surface area contributed by atoms with Crippen molar-refractivity contribution in [3.63, 3.8) is 0 Å². The van der Waals surface area contributed by atoms with E-state index in [2.05, 4.69) is 5.32 Å². The van der Waals surface area contributed by atoms with E-state index in [1.165, 1.54) is 25.0 Å². The van der Waals surface area contributed by atoms with Gasteiger partial charge in [0.1, 0.15) is 0 Å². The molecule has 14 heavy (non-hydrogen) atoms. The molecule has 0 aromatic rings. The van der Waals surface area contributed by atoms with E-state index in [0.717, 1.165) is 19.4 Å². The van der Waals surface area contributed by atoms with Crippen LogP contribution < -0.4 is 11.1 Å². The largest absolute Gasteiger partial charge is 0.353 e. The highest BCUT2D eigenvalue weighted by Gasteiger charge is 2.45. The summed E-state index contributed by atoms with van der Waals surface area (Å²) in [5, 5.41) is 3.59. The van der Waals surface area contributed by atoms with Crippen LogP contribution in [0.1, 0.15) is 32.1 Å². The predicted molar refractivity (Wildman–Crippen MR) is 59.3 cm³/mol. The van der Waals surface area contributed by atoms with Gasteiger partial charge in [-0.1, -0.05) is 6.42 Å². The van der Waals surface area contributed by atoms with Crippen LogP contribution in [-0.4, -0.2) is 29.0 Å². The second-order valence-electron chi connectivity index (χ2n) is 4.35. The molecule has 0 aromatic carbocycles. The average Bonchev–Trinajstić information content (AvgIpc) is 2.96. The van der Waals surface area contributed by atoms with Gasteiger partial charge >= 0.3 is 0 Å². The molecule has 1 atom stereocenters. The Balaban J connectivity index is 1.68. The molecule has 1 saturated heterocycles. The van der Waals surface area contributed by atoms with Crippen LogP contribution in [0.3, 0.4) is 0 Å². The molecule has 1 amide bonds. The van der Waals surface area contributed by atoms with Crippen LogP contribution in [0.25, 0.3) is 0 Å². The first-order valence-electron chi connectivity index (χ1n) is 5.39. The van der Waals surface area contributed by atoms with Crippen LogP contribution in [0.15, 0.2) is 0 Å². The van der Waals surface area contributed by atoms with Crippen molar-refractivity contribution < 1.29 is 4.79 Å². The molecule has 1 saturated carbocycles. The van der Waals surface area contributed by atoms with Crippen molar-refractivity contribution in [1.29, 1.82) is 0 Å². The van der Waals surface area contributed by atoms with Crippen molar-refractivity contribution in [2.45, 2.75) is 42.9 Å². The molecule has 0 radical (unpaired) electrons. The van der Waals surface area contributed by atoms with E-state index in [1.807, 2.05) is 11.8 Å². The van der Waals surface area contributed by atoms with E-state index < -0.39 is 5.54 Å². The summed E-state index contributed by atoms with van der Waals surface area (Å²) in [6.07, 6.45) is 5.59. The van der Waals surface area contributed by atoms with Gasteiger partial charge in [0, 0.05) is 11.8 Å². The highest BCUT2D eigenvalue weighted by Crippen LogP contribution is 2.32. The first-order valence-corrected chi connectivity index (χ1v) is 6.44. The lowest BCUT2D eigenvalue weighted by Gasteiger charge is -2.22. The third kappa shape index (κ3) is 2.42. The number of nitrogens with one attached hydrogen (secondary N) is 1. The molecule has 2 fully saturated rings. The number of nitrogens with two attached hydrogens (primary N) is 1. The first kappa shape index (κ1) is 10.3. The van der Waals surface area contributed by atoms with Crippen molar-refractivity contribution in [3.05, 3.63) is 0 Å². The second kappa shape index (κ2) is 4.11. The van der Waals surface area contributed by atoms with Crippen LogP contribution in [-0.2, 0) is 4.79 Å². The van der Waals surface area contributed by atoms with Gasteiger partial charge in [0.25, 0.3) is 0 Å². The summed E-state index contributed by atoms with van der Waals surface area (Å²) in [5.74, 6) is 1.30. The second-order valence-corrected chi connectivity index (χ2v) is 5.76. The molecule has 3 nitrogen and oxygen atoms in total. The van der Waals surface area contributed by atoms with Gasteiger partial charge in [-0.2, -0.15) is 11.8 Å². The number of rotatable bonds is 3. The van der Waals surface area contributed by atoms with Gasteiger partial charge in [-0.15, -0.1) is 0 Å². The number of carbonyl (C=O) groups is 1. The maximum Gasteiger partial charge on any atom is 0.240 e. The van der Waals surface area contributed by atoms with Crippen molar-refractivity contribution in [1.82, 2.24) is 5.32 Å². The Bertz CT molecular complexity index is 222. The van der Waals surface area contributed by atoms with Crippen LogP contribution >= 0.6 is 11.8 Å². The van der Waals surface area contributed by atoms with E-state index >= 15 is 0 Å². The molecular formula is C10H18N2OS. The third-order valence-electron chi connectivity index (χ3n) is 3.01. The van der Waals surface area contributed by atoms with Crippen LogP contribution in [0, 0.1) is 0 Å². The average molecular weight is 214 g/mol. The molecule has 3 N–H and O–H groups in total. The first-order chi connectivity index (χ1) is 6.71. The number of thioether (sulfide) groups is 1. The topological polar surface area (TPSA) is 55.1 Å². The van der Waals surface area contributed by atoms with Gasteiger partial charge in [0.15, 0.2) is 0 Å². The molecule has 1 aliphatic carbocycles. The quantitative estimate of drug-likeness (QED) is 0.733. The van der Waals surface area contributed by atoms with Crippen molar-refractivity contribution in [2.75, 3.05) is 12.3 Å². The zero-order chi connectivity index (χ0) is 10.0. The van der Waals surface area contributed by atoms with E-state index in [1.54, 1.807) is 0 Å². The summed E-state index contributed by atoms with van der Waals surface area (Å²) >= 11 is 1.98. The number of amides is 1. The lowest BCUT2D eigenvalue weighted by Crippen LogP contribution is -2.45. The Kier molecular flexibility index (Phi) is 3.02. The van der Waals surface area contributed by atoms with E-state index in [-0.39, 0.29) is 5.91 Å². The number of hydrogen-bond donors (Lipinski definition) is 2. The summed E-state index contributed by atoms with van der Waals surface area (Å²) in [6.45, 7) is 0.808. The highest BCUT2D eigenvalue weighted by molar-refractivity contribution is 7.99. The molecule has 4 heteroatoms. The summed E-state index contributed by atoms with van der Waals surface area (Å²) in [7, 11) is 0. The standard InChI is InChI=1S/C10H18N2OS/c11-10(4-5-10)9(13)12-7-8-3-1-2-6-14-8/h8H,1-7,11H2,(H,12,13). The molecule has 2 rings (SSSR count). The fourth-order valence-electron chi connectivity index (χ4n) is 1.71. The Morgan fingerprint density at radius 1 is 1.50 bits per heavy atom. The SMILES string of the molecule is NC1(C(=O)NCC2CCCCS2)CC1.